The molecule has 0 spiro atoms. The van der Waals surface area contributed by atoms with Crippen molar-refractivity contribution in [2.24, 2.45) is 0 Å². The summed E-state index contributed by atoms with van der Waals surface area (Å²) in [6, 6.07) is 4.21. The first-order valence-corrected chi connectivity index (χ1v) is 9.44. The molecule has 0 aromatic heterocycles. The molecule has 0 radical (unpaired) electrons. The van der Waals surface area contributed by atoms with Gasteiger partial charge in [0.15, 0.2) is 0 Å². The van der Waals surface area contributed by atoms with Crippen molar-refractivity contribution in [3.05, 3.63) is 29.3 Å². The van der Waals surface area contributed by atoms with Crippen molar-refractivity contribution in [1.29, 1.82) is 0 Å². The van der Waals surface area contributed by atoms with Gasteiger partial charge in [-0.05, 0) is 18.6 Å². The first kappa shape index (κ1) is 18.6. The van der Waals surface area contributed by atoms with Crippen LogP contribution in [0.25, 0.3) is 0 Å². The molecule has 4 amide bonds. The van der Waals surface area contributed by atoms with E-state index in [1.807, 2.05) is 6.07 Å². The van der Waals surface area contributed by atoms with Crippen LogP contribution in [0.15, 0.2) is 18.2 Å². The van der Waals surface area contributed by atoms with Crippen LogP contribution in [0.2, 0.25) is 0 Å². The van der Waals surface area contributed by atoms with Gasteiger partial charge in [-0.25, -0.2) is 0 Å². The maximum absolute atomic E-state index is 13.1. The summed E-state index contributed by atoms with van der Waals surface area (Å²) in [5.74, 6) is -1.97. The number of nitrogens with one attached hydrogen (secondary N) is 1. The molecule has 2 fully saturated rings. The molecule has 1 aromatic rings. The van der Waals surface area contributed by atoms with Crippen molar-refractivity contribution < 1.29 is 24.3 Å². The molecule has 2 N–H and O–H groups in total. The van der Waals surface area contributed by atoms with Crippen LogP contribution in [-0.2, 0) is 9.59 Å². The number of carbonyl (C=O) groups excluding carboxylic acids is 4. The van der Waals surface area contributed by atoms with E-state index in [1.54, 1.807) is 12.1 Å². The summed E-state index contributed by atoms with van der Waals surface area (Å²) in [6.45, 7) is 3.58. The molecular formula is C19H22N4O5. The average molecular weight is 386 g/mol. The van der Waals surface area contributed by atoms with Crippen molar-refractivity contribution in [1.82, 2.24) is 15.1 Å². The molecule has 3 aliphatic heterocycles. The Morgan fingerprint density at radius 2 is 1.79 bits per heavy atom. The fourth-order valence-electron chi connectivity index (χ4n) is 4.11. The number of imide groups is 2. The zero-order valence-corrected chi connectivity index (χ0v) is 15.4. The van der Waals surface area contributed by atoms with Gasteiger partial charge in [-0.3, -0.25) is 34.3 Å². The number of amides is 4. The number of piperazine rings is 1. The van der Waals surface area contributed by atoms with Crippen molar-refractivity contribution in [3.63, 3.8) is 0 Å². The lowest BCUT2D eigenvalue weighted by Crippen LogP contribution is -2.54. The van der Waals surface area contributed by atoms with Gasteiger partial charge >= 0.3 is 0 Å². The quantitative estimate of drug-likeness (QED) is 0.652. The number of carbonyl (C=O) groups is 4. The van der Waals surface area contributed by atoms with Gasteiger partial charge in [-0.15, -0.1) is 0 Å². The number of nitrogens with zero attached hydrogens (tertiary/aromatic N) is 3. The van der Waals surface area contributed by atoms with E-state index in [-0.39, 0.29) is 25.4 Å². The van der Waals surface area contributed by atoms with Gasteiger partial charge in [0.2, 0.25) is 11.8 Å². The Bertz CT molecular complexity index is 847. The predicted octanol–water partition coefficient (Wildman–Crippen LogP) is -0.798. The van der Waals surface area contributed by atoms with Crippen molar-refractivity contribution >= 4 is 29.3 Å². The largest absolute Gasteiger partial charge is 0.395 e. The third-order valence-electron chi connectivity index (χ3n) is 5.58. The summed E-state index contributed by atoms with van der Waals surface area (Å²) >= 11 is 0. The molecular weight excluding hydrogens is 364 g/mol. The molecule has 0 saturated carbocycles. The minimum atomic E-state index is -0.959. The van der Waals surface area contributed by atoms with Crippen LogP contribution in [0.4, 0.5) is 5.69 Å². The summed E-state index contributed by atoms with van der Waals surface area (Å²) in [4.78, 5) is 54.8. The molecule has 1 aromatic carbocycles. The van der Waals surface area contributed by atoms with Crippen molar-refractivity contribution in [3.8, 4) is 0 Å². The number of hydrogen-bond donors (Lipinski definition) is 2. The maximum atomic E-state index is 13.1. The highest BCUT2D eigenvalue weighted by atomic mass is 16.3. The Balaban J connectivity index is 1.60. The first-order chi connectivity index (χ1) is 13.5. The van der Waals surface area contributed by atoms with Gasteiger partial charge in [0.25, 0.3) is 11.8 Å². The fraction of sp³-hybridized carbons (Fsp3) is 0.474. The number of anilines is 1. The number of aliphatic hydroxyl groups excluding tert-OH is 1. The van der Waals surface area contributed by atoms with E-state index >= 15 is 0 Å². The Morgan fingerprint density at radius 3 is 2.46 bits per heavy atom. The second-order valence-electron chi connectivity index (χ2n) is 7.20. The molecule has 0 aliphatic carbocycles. The molecule has 28 heavy (non-hydrogen) atoms. The van der Waals surface area contributed by atoms with E-state index in [9.17, 15) is 19.2 Å². The second kappa shape index (κ2) is 7.33. The number of fused-ring (bicyclic) bond motifs is 1. The van der Waals surface area contributed by atoms with Crippen LogP contribution in [-0.4, -0.2) is 83.9 Å². The van der Waals surface area contributed by atoms with Crippen LogP contribution in [0, 0.1) is 0 Å². The highest BCUT2D eigenvalue weighted by Gasteiger charge is 2.46. The van der Waals surface area contributed by atoms with Gasteiger partial charge < -0.3 is 10.0 Å². The SMILES string of the molecule is O=C1CCC(N2C(=O)c3cccc(N4CCN(CCO)CC4)c3C2=O)C(=O)N1. The van der Waals surface area contributed by atoms with Gasteiger partial charge in [0.1, 0.15) is 6.04 Å². The van der Waals surface area contributed by atoms with E-state index in [0.29, 0.717) is 36.4 Å². The number of piperidine rings is 1. The number of hydrogen-bond acceptors (Lipinski definition) is 7. The molecule has 9 heteroatoms. The van der Waals surface area contributed by atoms with Gasteiger partial charge in [-0.1, -0.05) is 6.07 Å². The van der Waals surface area contributed by atoms with E-state index < -0.39 is 23.8 Å². The fourth-order valence-corrected chi connectivity index (χ4v) is 4.11. The van der Waals surface area contributed by atoms with Crippen LogP contribution < -0.4 is 10.2 Å². The Kier molecular flexibility index (Phi) is 4.86. The zero-order chi connectivity index (χ0) is 19.8. The lowest BCUT2D eigenvalue weighted by atomic mass is 10.0. The summed E-state index contributed by atoms with van der Waals surface area (Å²) in [5, 5.41) is 11.3. The van der Waals surface area contributed by atoms with Gasteiger partial charge in [-0.2, -0.15) is 0 Å². The normalized spacial score (nSPS) is 23.2. The topological polar surface area (TPSA) is 110 Å². The number of benzene rings is 1. The van der Waals surface area contributed by atoms with E-state index in [4.69, 9.17) is 5.11 Å². The number of β-amino-alcohol motifs (C(OH)–C–C–N with tert-alkyl or cyclic N) is 1. The summed E-state index contributed by atoms with van der Waals surface area (Å²) in [6.07, 6.45) is 0.245. The smallest absolute Gasteiger partial charge is 0.264 e. The lowest BCUT2D eigenvalue weighted by Gasteiger charge is -2.36. The highest BCUT2D eigenvalue weighted by molar-refractivity contribution is 6.25. The number of rotatable bonds is 4. The first-order valence-electron chi connectivity index (χ1n) is 9.44. The molecule has 1 unspecified atom stereocenters. The monoisotopic (exact) mass is 386 g/mol. The van der Waals surface area contributed by atoms with Crippen LogP contribution >= 0.6 is 0 Å². The van der Waals surface area contributed by atoms with E-state index in [0.717, 1.165) is 18.0 Å². The summed E-state index contributed by atoms with van der Waals surface area (Å²) in [5.41, 5.74) is 1.31. The minimum Gasteiger partial charge on any atom is -0.395 e. The number of aliphatic hydroxyl groups is 1. The van der Waals surface area contributed by atoms with Crippen LogP contribution in [0.1, 0.15) is 33.6 Å². The molecule has 3 heterocycles. The van der Waals surface area contributed by atoms with Crippen molar-refractivity contribution in [2.45, 2.75) is 18.9 Å². The standard InChI is InChI=1S/C19H22N4O5/c24-11-10-21-6-8-22(9-7-21)13-3-1-2-12-16(13)19(28)23(18(12)27)14-4-5-15(25)20-17(14)26/h1-3,14,24H,4-11H2,(H,20,25,26). The zero-order valence-electron chi connectivity index (χ0n) is 15.4. The lowest BCUT2D eigenvalue weighted by molar-refractivity contribution is -0.136. The highest BCUT2D eigenvalue weighted by Crippen LogP contribution is 2.34. The molecule has 2 saturated heterocycles. The average Bonchev–Trinajstić information content (AvgIpc) is 2.94. The minimum absolute atomic E-state index is 0.101. The Morgan fingerprint density at radius 1 is 1.04 bits per heavy atom. The van der Waals surface area contributed by atoms with Gasteiger partial charge in [0.05, 0.1) is 23.4 Å². The Labute approximate surface area is 161 Å². The Hall–Kier alpha value is -2.78. The molecule has 148 valence electrons. The molecule has 3 aliphatic rings. The molecule has 9 nitrogen and oxygen atoms in total. The summed E-state index contributed by atoms with van der Waals surface area (Å²) in [7, 11) is 0. The second-order valence-corrected chi connectivity index (χ2v) is 7.20. The van der Waals surface area contributed by atoms with Crippen molar-refractivity contribution in [2.75, 3.05) is 44.2 Å². The van der Waals surface area contributed by atoms with E-state index in [2.05, 4.69) is 15.1 Å². The molecule has 4 rings (SSSR count). The molecule has 1 atom stereocenters. The predicted molar refractivity (Wildman–Crippen MR) is 98.9 cm³/mol. The third kappa shape index (κ3) is 3.06. The van der Waals surface area contributed by atoms with Crippen LogP contribution in [0.5, 0.6) is 0 Å². The summed E-state index contributed by atoms with van der Waals surface area (Å²) < 4.78 is 0. The van der Waals surface area contributed by atoms with Crippen LogP contribution in [0.3, 0.4) is 0 Å². The van der Waals surface area contributed by atoms with E-state index in [1.165, 1.54) is 0 Å². The van der Waals surface area contributed by atoms with Gasteiger partial charge in [0, 0.05) is 39.1 Å². The maximum Gasteiger partial charge on any atom is 0.264 e. The third-order valence-corrected chi connectivity index (χ3v) is 5.58. The molecule has 0 bridgehead atoms.